The second-order valence-electron chi connectivity index (χ2n) is 17.6. The Labute approximate surface area is 383 Å². The van der Waals surface area contributed by atoms with E-state index in [-0.39, 0.29) is 61.4 Å². The Kier molecular flexibility index (Phi) is 19.1. The van der Waals surface area contributed by atoms with Crippen molar-refractivity contribution in [2.24, 2.45) is 17.6 Å². The van der Waals surface area contributed by atoms with Gasteiger partial charge in [-0.2, -0.15) is 4.98 Å². The number of nitrogens with one attached hydrogen (secondary N) is 3. The van der Waals surface area contributed by atoms with Crippen LogP contribution in [0, 0.1) is 18.8 Å². The molecule has 1 aliphatic heterocycles. The highest BCUT2D eigenvalue weighted by Gasteiger charge is 2.29. The number of nitrogen functional groups attached to an aromatic ring is 1. The van der Waals surface area contributed by atoms with Crippen LogP contribution in [0.15, 0.2) is 54.7 Å². The second-order valence-corrected chi connectivity index (χ2v) is 17.6. The van der Waals surface area contributed by atoms with Crippen molar-refractivity contribution in [1.82, 2.24) is 35.0 Å². The number of aromatic nitrogens is 3. The average Bonchev–Trinajstić information content (AvgIpc) is 3.68. The highest BCUT2D eigenvalue weighted by Crippen LogP contribution is 2.26. The Morgan fingerprint density at radius 2 is 1.57 bits per heavy atom. The summed E-state index contributed by atoms with van der Waals surface area (Å²) >= 11 is 0. The van der Waals surface area contributed by atoms with E-state index >= 15 is 0 Å². The number of carbonyl (C=O) groups is 5. The number of amides is 4. The summed E-state index contributed by atoms with van der Waals surface area (Å²) in [4.78, 5) is 76.8. The maximum Gasteiger partial charge on any atom is 0.410 e. The summed E-state index contributed by atoms with van der Waals surface area (Å²) in [6.45, 7) is 15.2. The van der Waals surface area contributed by atoms with Gasteiger partial charge >= 0.3 is 12.1 Å². The molecule has 0 unspecified atom stereocenters. The molecule has 3 heterocycles. The van der Waals surface area contributed by atoms with E-state index in [1.165, 1.54) is 16.7 Å². The lowest BCUT2D eigenvalue weighted by molar-refractivity contribution is -0.133. The van der Waals surface area contributed by atoms with E-state index in [0.29, 0.717) is 45.3 Å². The standard InChI is InChI=1S/C49H70N10O6/c1-6-8-9-20-52-45-44-42(55-47(50)56-45)19-22-59(44)31-38-18-17-37(27-34(38)5)30-57-23-25-58(26-24-57)49(64)65-32-36-15-13-35(14-16-36)28-43(61)41(12-10-21-53-48(51)63)54-46(62)40(33(3)4)29-39(60)11-7-2/h13-19,22,27,33,40-41H,6-12,20-21,23-26,28-32H2,1-5H3,(H,54,62)(H3,51,53,63)(H3,50,52,55,56)/t40-,41-/m0/s1. The van der Waals surface area contributed by atoms with Crippen LogP contribution in [0.4, 0.5) is 21.4 Å². The van der Waals surface area contributed by atoms with Gasteiger partial charge in [0.05, 0.1) is 11.6 Å². The Morgan fingerprint density at radius 3 is 2.25 bits per heavy atom. The molecule has 65 heavy (non-hydrogen) atoms. The van der Waals surface area contributed by atoms with Gasteiger partial charge in [0.15, 0.2) is 11.6 Å². The molecule has 2 aromatic carbocycles. The maximum atomic E-state index is 13.6. The van der Waals surface area contributed by atoms with Gasteiger partial charge in [-0.25, -0.2) is 14.6 Å². The van der Waals surface area contributed by atoms with Crippen LogP contribution in [0.5, 0.6) is 0 Å². The molecule has 4 aromatic rings. The summed E-state index contributed by atoms with van der Waals surface area (Å²) in [5.41, 5.74) is 18.2. The molecule has 5 rings (SSSR count). The minimum Gasteiger partial charge on any atom is -0.445 e. The summed E-state index contributed by atoms with van der Waals surface area (Å²) in [6, 6.07) is 14.4. The van der Waals surface area contributed by atoms with Gasteiger partial charge in [0.2, 0.25) is 11.9 Å². The van der Waals surface area contributed by atoms with Gasteiger partial charge in [-0.1, -0.05) is 83.0 Å². The van der Waals surface area contributed by atoms with Crippen LogP contribution in [0.2, 0.25) is 0 Å². The lowest BCUT2D eigenvalue weighted by Crippen LogP contribution is -2.48. The third-order valence-electron chi connectivity index (χ3n) is 12.0. The van der Waals surface area contributed by atoms with E-state index in [4.69, 9.17) is 16.2 Å². The Bertz CT molecular complexity index is 2220. The summed E-state index contributed by atoms with van der Waals surface area (Å²) < 4.78 is 7.87. The molecular formula is C49H70N10O6. The van der Waals surface area contributed by atoms with E-state index in [0.717, 1.165) is 73.4 Å². The molecule has 1 saturated heterocycles. The number of unbranched alkanes of at least 4 members (excludes halogenated alkanes) is 2. The van der Waals surface area contributed by atoms with Crippen LogP contribution in [-0.2, 0) is 45.2 Å². The number of urea groups is 1. The second kappa shape index (κ2) is 24.9. The zero-order valence-corrected chi connectivity index (χ0v) is 39.0. The summed E-state index contributed by atoms with van der Waals surface area (Å²) in [5, 5.41) is 8.91. The summed E-state index contributed by atoms with van der Waals surface area (Å²) in [5.74, 6) is -0.104. The van der Waals surface area contributed by atoms with Crippen molar-refractivity contribution in [3.63, 3.8) is 0 Å². The first kappa shape index (κ1) is 50.0. The summed E-state index contributed by atoms with van der Waals surface area (Å²) in [7, 11) is 0. The molecule has 1 fully saturated rings. The maximum absolute atomic E-state index is 13.6. The minimum atomic E-state index is -0.804. The number of carbonyl (C=O) groups excluding carboxylic acids is 5. The van der Waals surface area contributed by atoms with Gasteiger partial charge in [0.1, 0.15) is 17.9 Å². The number of nitrogens with zero attached hydrogens (tertiary/aromatic N) is 5. The number of hydrogen-bond acceptors (Lipinski definition) is 11. The van der Waals surface area contributed by atoms with Gasteiger partial charge in [-0.3, -0.25) is 19.3 Å². The Balaban J connectivity index is 1.08. The van der Waals surface area contributed by atoms with E-state index in [9.17, 15) is 24.0 Å². The van der Waals surface area contributed by atoms with Crippen molar-refractivity contribution >= 4 is 52.4 Å². The smallest absolute Gasteiger partial charge is 0.410 e. The topological polar surface area (TPSA) is 220 Å². The van der Waals surface area contributed by atoms with Crippen molar-refractivity contribution in [2.75, 3.05) is 50.3 Å². The van der Waals surface area contributed by atoms with Gasteiger partial charge in [-0.05, 0) is 72.4 Å². The zero-order valence-electron chi connectivity index (χ0n) is 39.0. The van der Waals surface area contributed by atoms with Gasteiger partial charge in [-0.15, -0.1) is 0 Å². The largest absolute Gasteiger partial charge is 0.445 e. The molecule has 2 atom stereocenters. The van der Waals surface area contributed by atoms with E-state index in [2.05, 4.69) is 67.4 Å². The van der Waals surface area contributed by atoms with Gasteiger partial charge in [0.25, 0.3) is 0 Å². The fourth-order valence-corrected chi connectivity index (χ4v) is 8.21. The summed E-state index contributed by atoms with van der Waals surface area (Å²) in [6.07, 6.45) is 7.07. The molecule has 352 valence electrons. The highest BCUT2D eigenvalue weighted by atomic mass is 16.6. The fraction of sp³-hybridized carbons (Fsp3) is 0.531. The quantitative estimate of drug-likeness (QED) is 0.0452. The number of aryl methyl sites for hydroxylation is 1. The number of Topliss-reactive ketones (excluding diaryl/α,β-unsaturated/α-hetero) is 2. The van der Waals surface area contributed by atoms with Crippen molar-refractivity contribution in [2.45, 2.75) is 118 Å². The van der Waals surface area contributed by atoms with Crippen molar-refractivity contribution in [1.29, 1.82) is 0 Å². The van der Waals surface area contributed by atoms with Crippen molar-refractivity contribution in [3.8, 4) is 0 Å². The minimum absolute atomic E-state index is 0.0230. The van der Waals surface area contributed by atoms with Crippen LogP contribution in [-0.4, -0.2) is 99.2 Å². The Hall–Kier alpha value is -6.03. The number of primary amides is 1. The molecule has 4 amide bonds. The third kappa shape index (κ3) is 15.3. The van der Waals surface area contributed by atoms with Crippen LogP contribution in [0.25, 0.3) is 11.0 Å². The number of benzene rings is 2. The number of piperazine rings is 1. The van der Waals surface area contributed by atoms with E-state index < -0.39 is 18.0 Å². The molecule has 16 nitrogen and oxygen atoms in total. The molecule has 2 aromatic heterocycles. The number of anilines is 2. The molecule has 0 spiro atoms. The van der Waals surface area contributed by atoms with Gasteiger partial charge < -0.3 is 41.6 Å². The highest BCUT2D eigenvalue weighted by molar-refractivity contribution is 5.93. The molecule has 16 heteroatoms. The molecule has 1 aliphatic rings. The predicted molar refractivity (Wildman–Crippen MR) is 254 cm³/mol. The first-order chi connectivity index (χ1) is 31.2. The monoisotopic (exact) mass is 895 g/mol. The molecule has 0 aliphatic carbocycles. The molecule has 0 radical (unpaired) electrons. The van der Waals surface area contributed by atoms with Crippen molar-refractivity contribution < 1.29 is 28.7 Å². The fourth-order valence-electron chi connectivity index (χ4n) is 8.21. The van der Waals surface area contributed by atoms with Crippen LogP contribution >= 0.6 is 0 Å². The molecule has 0 bridgehead atoms. The van der Waals surface area contributed by atoms with Crippen LogP contribution < -0.4 is 27.4 Å². The number of hydrogen-bond donors (Lipinski definition) is 5. The Morgan fingerprint density at radius 1 is 0.846 bits per heavy atom. The SMILES string of the molecule is CCCCCNc1nc(N)nc2ccn(Cc3ccc(CN4CCN(C(=O)OCc5ccc(CC(=O)[C@H](CCCNC(N)=O)NC(=O)[C@@H](CC(=O)CCC)C(C)C)cc5)CC4)cc3C)c12. The van der Waals surface area contributed by atoms with E-state index in [1.807, 2.05) is 57.3 Å². The van der Waals surface area contributed by atoms with E-state index in [1.54, 1.807) is 4.90 Å². The van der Waals surface area contributed by atoms with Gasteiger partial charge in [0, 0.05) is 83.7 Å². The normalized spacial score (nSPS) is 14.0. The first-order valence-electron chi connectivity index (χ1n) is 23.3. The average molecular weight is 895 g/mol. The zero-order chi connectivity index (χ0) is 46.9. The number of ether oxygens (including phenoxy) is 1. The number of fused-ring (bicyclic) bond motifs is 1. The lowest BCUT2D eigenvalue weighted by Gasteiger charge is -2.34. The number of nitrogens with two attached hydrogens (primary N) is 2. The van der Waals surface area contributed by atoms with Crippen molar-refractivity contribution in [3.05, 3.63) is 82.5 Å². The number of rotatable bonds is 25. The third-order valence-corrected chi connectivity index (χ3v) is 12.0. The number of ketones is 2. The van der Waals surface area contributed by atoms with Crippen LogP contribution in [0.3, 0.4) is 0 Å². The first-order valence-corrected chi connectivity index (χ1v) is 23.3. The van der Waals surface area contributed by atoms with Crippen LogP contribution in [0.1, 0.15) is 107 Å². The predicted octanol–water partition coefficient (Wildman–Crippen LogP) is 6.50. The molecular weight excluding hydrogens is 825 g/mol. The lowest BCUT2D eigenvalue weighted by atomic mass is 9.88. The molecule has 7 N–H and O–H groups in total. The molecule has 0 saturated carbocycles.